The van der Waals surface area contributed by atoms with Gasteiger partial charge in [-0.1, -0.05) is 54.6 Å². The van der Waals surface area contributed by atoms with Gasteiger partial charge in [0, 0.05) is 5.39 Å². The zero-order valence-corrected chi connectivity index (χ0v) is 21.6. The number of benzene rings is 3. The summed E-state index contributed by atoms with van der Waals surface area (Å²) in [6.07, 6.45) is 1.50. The van der Waals surface area contributed by atoms with Crippen molar-refractivity contribution in [2.45, 2.75) is 19.2 Å². The van der Waals surface area contributed by atoms with Crippen molar-refractivity contribution in [3.8, 4) is 11.5 Å². The zero-order valence-electron chi connectivity index (χ0n) is 21.6. The lowest BCUT2D eigenvalue weighted by atomic mass is 9.94. The highest BCUT2D eigenvalue weighted by Gasteiger charge is 2.45. The number of ether oxygens (including phenoxy) is 2. The SMILES string of the molecule is COc1cccc2cc(C(=O)C3=C(O)C(=O)N(Cc4ccco4)C3c3cccc(OCc4ccccc4)c3)oc12. The van der Waals surface area contributed by atoms with Crippen LogP contribution in [0.3, 0.4) is 0 Å². The van der Waals surface area contributed by atoms with Crippen molar-refractivity contribution >= 4 is 22.7 Å². The van der Waals surface area contributed by atoms with Crippen LogP contribution >= 0.6 is 0 Å². The number of aliphatic hydroxyl groups is 1. The number of methoxy groups -OCH3 is 1. The summed E-state index contributed by atoms with van der Waals surface area (Å²) >= 11 is 0. The van der Waals surface area contributed by atoms with Crippen molar-refractivity contribution in [3.05, 3.63) is 131 Å². The summed E-state index contributed by atoms with van der Waals surface area (Å²) in [6, 6.07) is 26.3. The average Bonchev–Trinajstić information content (AvgIpc) is 3.72. The molecule has 1 aliphatic heterocycles. The van der Waals surface area contributed by atoms with Crippen LogP contribution in [0.15, 0.2) is 117 Å². The summed E-state index contributed by atoms with van der Waals surface area (Å²) in [5.41, 5.74) is 1.90. The van der Waals surface area contributed by atoms with Crippen molar-refractivity contribution in [2.24, 2.45) is 0 Å². The molecule has 1 atom stereocenters. The molecule has 3 aromatic carbocycles. The molecule has 0 bridgehead atoms. The Morgan fingerprint density at radius 2 is 1.80 bits per heavy atom. The molecule has 8 heteroatoms. The molecule has 5 aromatic rings. The number of Topliss-reactive ketones (excluding diaryl/α,β-unsaturated/α-hetero) is 1. The van der Waals surface area contributed by atoms with Gasteiger partial charge in [-0.05, 0) is 47.5 Å². The topological polar surface area (TPSA) is 102 Å². The van der Waals surface area contributed by atoms with E-state index in [1.807, 2.05) is 30.3 Å². The normalized spacial score (nSPS) is 15.2. The Balaban J connectivity index is 1.39. The molecule has 200 valence electrons. The minimum Gasteiger partial charge on any atom is -0.503 e. The van der Waals surface area contributed by atoms with Gasteiger partial charge >= 0.3 is 0 Å². The number of fused-ring (bicyclic) bond motifs is 1. The maximum atomic E-state index is 13.9. The van der Waals surface area contributed by atoms with Crippen LogP contribution in [-0.2, 0) is 17.9 Å². The summed E-state index contributed by atoms with van der Waals surface area (Å²) in [5, 5.41) is 11.7. The van der Waals surface area contributed by atoms with E-state index in [-0.39, 0.29) is 17.9 Å². The van der Waals surface area contributed by atoms with E-state index >= 15 is 0 Å². The van der Waals surface area contributed by atoms with Crippen molar-refractivity contribution in [1.29, 1.82) is 0 Å². The van der Waals surface area contributed by atoms with Crippen LogP contribution in [0.2, 0.25) is 0 Å². The number of carbonyl (C=O) groups excluding carboxylic acids is 2. The minimum absolute atomic E-state index is 0.0184. The molecule has 0 saturated heterocycles. The van der Waals surface area contributed by atoms with Crippen molar-refractivity contribution in [2.75, 3.05) is 7.11 Å². The number of hydrogen-bond donors (Lipinski definition) is 1. The first-order valence-electron chi connectivity index (χ1n) is 12.7. The fraction of sp³-hybridized carbons (Fsp3) is 0.125. The Morgan fingerprint density at radius 1 is 0.975 bits per heavy atom. The summed E-state index contributed by atoms with van der Waals surface area (Å²) in [5.74, 6) is -0.416. The van der Waals surface area contributed by atoms with E-state index < -0.39 is 23.5 Å². The van der Waals surface area contributed by atoms with Gasteiger partial charge in [0.15, 0.2) is 22.9 Å². The number of rotatable bonds is 9. The molecule has 0 spiro atoms. The van der Waals surface area contributed by atoms with Crippen LogP contribution in [-0.4, -0.2) is 28.8 Å². The van der Waals surface area contributed by atoms with E-state index in [4.69, 9.17) is 18.3 Å². The van der Waals surface area contributed by atoms with Crippen LogP contribution in [0.25, 0.3) is 11.0 Å². The number of nitrogens with zero attached hydrogens (tertiary/aromatic N) is 1. The highest BCUT2D eigenvalue weighted by molar-refractivity contribution is 6.16. The van der Waals surface area contributed by atoms with Crippen molar-refractivity contribution in [3.63, 3.8) is 0 Å². The maximum absolute atomic E-state index is 13.9. The second-order valence-electron chi connectivity index (χ2n) is 9.34. The number of aliphatic hydroxyl groups excluding tert-OH is 1. The third-order valence-corrected chi connectivity index (χ3v) is 6.83. The monoisotopic (exact) mass is 535 g/mol. The smallest absolute Gasteiger partial charge is 0.290 e. The van der Waals surface area contributed by atoms with Crippen molar-refractivity contribution < 1.29 is 33.0 Å². The zero-order chi connectivity index (χ0) is 27.6. The Kier molecular flexibility index (Phi) is 6.57. The first-order chi connectivity index (χ1) is 19.5. The number of carbonyl (C=O) groups is 2. The van der Waals surface area contributed by atoms with Gasteiger partial charge < -0.3 is 28.3 Å². The highest BCUT2D eigenvalue weighted by atomic mass is 16.5. The molecule has 0 fully saturated rings. The Labute approximate surface area is 229 Å². The Morgan fingerprint density at radius 3 is 2.58 bits per heavy atom. The fourth-order valence-electron chi connectivity index (χ4n) is 4.92. The lowest BCUT2D eigenvalue weighted by Crippen LogP contribution is -2.30. The van der Waals surface area contributed by atoms with Gasteiger partial charge in [0.05, 0.1) is 31.5 Å². The predicted molar refractivity (Wildman–Crippen MR) is 146 cm³/mol. The average molecular weight is 536 g/mol. The molecule has 1 aliphatic rings. The van der Waals surface area contributed by atoms with E-state index in [0.29, 0.717) is 40.4 Å². The molecule has 40 heavy (non-hydrogen) atoms. The molecule has 2 aromatic heterocycles. The summed E-state index contributed by atoms with van der Waals surface area (Å²) < 4.78 is 22.8. The molecule has 1 unspecified atom stereocenters. The van der Waals surface area contributed by atoms with Gasteiger partial charge in [0.2, 0.25) is 5.78 Å². The maximum Gasteiger partial charge on any atom is 0.290 e. The molecule has 6 rings (SSSR count). The molecule has 3 heterocycles. The second kappa shape index (κ2) is 10.5. The van der Waals surface area contributed by atoms with E-state index in [1.165, 1.54) is 18.3 Å². The van der Waals surface area contributed by atoms with Gasteiger partial charge in [-0.2, -0.15) is 0 Å². The van der Waals surface area contributed by atoms with Crippen LogP contribution in [0.1, 0.15) is 33.5 Å². The number of furan rings is 2. The predicted octanol–water partition coefficient (Wildman–Crippen LogP) is 6.39. The van der Waals surface area contributed by atoms with Gasteiger partial charge in [0.1, 0.15) is 18.1 Å². The van der Waals surface area contributed by atoms with Gasteiger partial charge in [-0.25, -0.2) is 0 Å². The molecular formula is C32H25NO7. The molecule has 0 radical (unpaired) electrons. The highest BCUT2D eigenvalue weighted by Crippen LogP contribution is 2.42. The standard InChI is InChI=1S/C32H25NO7/c1-37-25-14-6-11-22-17-26(40-31(22)25)29(34)27-28(33(32(36)30(27)35)18-24-13-7-15-38-24)21-10-5-12-23(16-21)39-19-20-8-3-2-4-9-20/h2-17,28,35H,18-19H2,1H3. The van der Waals surface area contributed by atoms with E-state index in [9.17, 15) is 14.7 Å². The van der Waals surface area contributed by atoms with Crippen LogP contribution in [0.5, 0.6) is 11.5 Å². The Hall–Kier alpha value is -5.24. The summed E-state index contributed by atoms with van der Waals surface area (Å²) in [6.45, 7) is 0.387. The molecule has 0 saturated carbocycles. The lowest BCUT2D eigenvalue weighted by molar-refractivity contribution is -0.130. The van der Waals surface area contributed by atoms with Gasteiger partial charge in [-0.3, -0.25) is 9.59 Å². The number of ketones is 1. The third kappa shape index (κ3) is 4.60. The minimum atomic E-state index is -0.916. The van der Waals surface area contributed by atoms with Gasteiger partial charge in [-0.15, -0.1) is 0 Å². The van der Waals surface area contributed by atoms with Crippen molar-refractivity contribution in [1.82, 2.24) is 4.90 Å². The van der Waals surface area contributed by atoms with Gasteiger partial charge in [0.25, 0.3) is 5.91 Å². The fourth-order valence-corrected chi connectivity index (χ4v) is 4.92. The van der Waals surface area contributed by atoms with E-state index in [0.717, 1.165) is 5.56 Å². The molecule has 8 nitrogen and oxygen atoms in total. The molecule has 1 amide bonds. The molecular weight excluding hydrogens is 510 g/mol. The van der Waals surface area contributed by atoms with E-state index in [2.05, 4.69) is 0 Å². The number of para-hydroxylation sites is 1. The summed E-state index contributed by atoms with van der Waals surface area (Å²) in [4.78, 5) is 28.7. The number of hydrogen-bond acceptors (Lipinski definition) is 7. The van der Waals surface area contributed by atoms with E-state index in [1.54, 1.807) is 60.7 Å². The third-order valence-electron chi connectivity index (χ3n) is 6.83. The molecule has 0 aliphatic carbocycles. The summed E-state index contributed by atoms with van der Waals surface area (Å²) in [7, 11) is 1.51. The van der Waals surface area contributed by atoms with Crippen LogP contribution < -0.4 is 9.47 Å². The number of amides is 1. The second-order valence-corrected chi connectivity index (χ2v) is 9.34. The molecule has 1 N–H and O–H groups in total. The first-order valence-corrected chi connectivity index (χ1v) is 12.7. The largest absolute Gasteiger partial charge is 0.503 e. The van der Waals surface area contributed by atoms with Crippen LogP contribution in [0.4, 0.5) is 0 Å². The first kappa shape index (κ1) is 25.1. The lowest BCUT2D eigenvalue weighted by Gasteiger charge is -2.26. The Bertz CT molecular complexity index is 1720. The quantitative estimate of drug-likeness (QED) is 0.218. The van der Waals surface area contributed by atoms with Crippen LogP contribution in [0, 0.1) is 0 Å².